The van der Waals surface area contributed by atoms with E-state index in [1.165, 1.54) is 21.1 Å². The number of nitrogens with zero attached hydrogens (tertiary/aromatic N) is 4. The zero-order valence-electron chi connectivity index (χ0n) is 13.9. The van der Waals surface area contributed by atoms with Crippen LogP contribution in [0.1, 0.15) is 29.2 Å². The first kappa shape index (κ1) is 18.6. The molecule has 12 nitrogen and oxygen atoms in total. The second kappa shape index (κ2) is 7.46. The normalized spacial score (nSPS) is 11.5. The number of ketones is 1. The van der Waals surface area contributed by atoms with E-state index in [0.29, 0.717) is 0 Å². The van der Waals surface area contributed by atoms with Crippen LogP contribution in [0.4, 0.5) is 10.5 Å². The fraction of sp³-hybridized carbons (Fsp3) is 0.286. The minimum atomic E-state index is -1.58. The Hall–Kier alpha value is -3.70. The van der Waals surface area contributed by atoms with Crippen molar-refractivity contribution < 1.29 is 33.8 Å². The van der Waals surface area contributed by atoms with Crippen molar-refractivity contribution in [3.63, 3.8) is 0 Å². The van der Waals surface area contributed by atoms with Crippen molar-refractivity contribution in [3.05, 3.63) is 39.7 Å². The van der Waals surface area contributed by atoms with E-state index < -0.39 is 28.8 Å². The molecule has 0 fully saturated rings. The molecule has 1 aromatic heterocycles. The van der Waals surface area contributed by atoms with Crippen molar-refractivity contribution in [2.24, 2.45) is 0 Å². The lowest BCUT2D eigenvalue weighted by Crippen LogP contribution is -2.20. The van der Waals surface area contributed by atoms with Gasteiger partial charge in [0.1, 0.15) is 11.3 Å². The third kappa shape index (κ3) is 3.53. The van der Waals surface area contributed by atoms with Crippen LogP contribution in [0, 0.1) is 10.1 Å². The third-order valence-electron chi connectivity index (χ3n) is 3.37. The lowest BCUT2D eigenvalue weighted by molar-refractivity contribution is -0.385. The molecule has 0 aliphatic rings. The number of benzene rings is 1. The number of methoxy groups -OCH3 is 2. The van der Waals surface area contributed by atoms with E-state index in [2.05, 4.69) is 15.0 Å². The van der Waals surface area contributed by atoms with Crippen LogP contribution in [0.25, 0.3) is 0 Å². The highest BCUT2D eigenvalue weighted by atomic mass is 16.7. The molecule has 26 heavy (non-hydrogen) atoms. The number of carbonyl (C=O) groups excluding carboxylic acids is 1. The topological polar surface area (TPSA) is 156 Å². The number of rotatable bonds is 7. The van der Waals surface area contributed by atoms with E-state index in [0.717, 1.165) is 23.0 Å². The lowest BCUT2D eigenvalue weighted by atomic mass is 10.1. The molecule has 0 aliphatic heterocycles. The summed E-state index contributed by atoms with van der Waals surface area (Å²) in [5.74, 6) is -0.635. The predicted octanol–water partition coefficient (Wildman–Crippen LogP) is 1.65. The molecule has 0 bridgehead atoms. The first-order valence-electron chi connectivity index (χ1n) is 7.05. The molecule has 2 aromatic rings. The highest BCUT2D eigenvalue weighted by Crippen LogP contribution is 2.35. The van der Waals surface area contributed by atoms with Crippen LogP contribution in [0.15, 0.2) is 18.3 Å². The Labute approximate surface area is 146 Å². The molecule has 1 heterocycles. The van der Waals surface area contributed by atoms with Crippen molar-refractivity contribution in [1.82, 2.24) is 15.0 Å². The fourth-order valence-electron chi connectivity index (χ4n) is 2.21. The summed E-state index contributed by atoms with van der Waals surface area (Å²) in [4.78, 5) is 34.1. The van der Waals surface area contributed by atoms with Crippen LogP contribution >= 0.6 is 0 Å². The average Bonchev–Trinajstić information content (AvgIpc) is 3.08. The Balaban J connectivity index is 2.55. The molecule has 0 saturated heterocycles. The Morgan fingerprint density at radius 2 is 1.88 bits per heavy atom. The quantitative estimate of drug-likeness (QED) is 0.331. The summed E-state index contributed by atoms with van der Waals surface area (Å²) >= 11 is 0. The van der Waals surface area contributed by atoms with Crippen molar-refractivity contribution in [1.29, 1.82) is 0 Å². The van der Waals surface area contributed by atoms with Crippen LogP contribution < -0.4 is 9.47 Å². The second-order valence-electron chi connectivity index (χ2n) is 4.86. The molecule has 1 N–H and O–H groups in total. The van der Waals surface area contributed by atoms with Gasteiger partial charge in [-0.2, -0.15) is 0 Å². The van der Waals surface area contributed by atoms with Gasteiger partial charge in [0.2, 0.25) is 5.78 Å². The van der Waals surface area contributed by atoms with Gasteiger partial charge >= 0.3 is 6.16 Å². The maximum absolute atomic E-state index is 12.8. The van der Waals surface area contributed by atoms with E-state index in [-0.39, 0.29) is 22.8 Å². The smallest absolute Gasteiger partial charge is 0.493 e. The van der Waals surface area contributed by atoms with Gasteiger partial charge in [0.25, 0.3) is 5.69 Å². The maximum Gasteiger partial charge on any atom is 0.507 e. The van der Waals surface area contributed by atoms with E-state index in [4.69, 9.17) is 14.6 Å². The molecule has 2 rings (SSSR count). The highest BCUT2D eigenvalue weighted by Gasteiger charge is 2.29. The maximum atomic E-state index is 12.8. The summed E-state index contributed by atoms with van der Waals surface area (Å²) in [7, 11) is 2.61. The number of nitro benzene ring substituents is 1. The summed E-state index contributed by atoms with van der Waals surface area (Å²) in [6, 6.07) is 2.21. The number of hydrogen-bond acceptors (Lipinski definition) is 9. The lowest BCUT2D eigenvalue weighted by Gasteiger charge is -2.13. The molecule has 0 amide bonds. The van der Waals surface area contributed by atoms with Crippen molar-refractivity contribution in [2.45, 2.75) is 13.2 Å². The molecule has 12 heteroatoms. The summed E-state index contributed by atoms with van der Waals surface area (Å²) < 4.78 is 15.5. The number of ether oxygens (including phenoxy) is 3. The van der Waals surface area contributed by atoms with Crippen LogP contribution in [0.3, 0.4) is 0 Å². The molecule has 0 spiro atoms. The minimum absolute atomic E-state index is 0.0740. The van der Waals surface area contributed by atoms with Gasteiger partial charge in [-0.3, -0.25) is 14.9 Å². The zero-order valence-corrected chi connectivity index (χ0v) is 13.9. The van der Waals surface area contributed by atoms with Gasteiger partial charge in [-0.15, -0.1) is 5.10 Å². The standard InChI is InChI=1S/C14H14N4O8/c1-7(26-14(20)21)17-10(6-15-16-17)13(19)8-4-11(24-2)12(25-3)5-9(8)18(22)23/h4-7H,1-3H3,(H,20,21). The van der Waals surface area contributed by atoms with E-state index in [1.807, 2.05) is 0 Å². The Kier molecular flexibility index (Phi) is 5.35. The number of hydrogen-bond donors (Lipinski definition) is 1. The van der Waals surface area contributed by atoms with E-state index in [9.17, 15) is 19.7 Å². The minimum Gasteiger partial charge on any atom is -0.493 e. The van der Waals surface area contributed by atoms with E-state index >= 15 is 0 Å². The van der Waals surface area contributed by atoms with Gasteiger partial charge in [-0.25, -0.2) is 9.48 Å². The Morgan fingerprint density at radius 3 is 2.42 bits per heavy atom. The summed E-state index contributed by atoms with van der Waals surface area (Å²) in [5, 5.41) is 27.2. The number of carbonyl (C=O) groups is 2. The average molecular weight is 366 g/mol. The van der Waals surface area contributed by atoms with Crippen LogP contribution in [0.2, 0.25) is 0 Å². The molecule has 1 atom stereocenters. The van der Waals surface area contributed by atoms with Crippen molar-refractivity contribution in [2.75, 3.05) is 14.2 Å². The molecular formula is C14H14N4O8. The van der Waals surface area contributed by atoms with Crippen LogP contribution in [0.5, 0.6) is 11.5 Å². The van der Waals surface area contributed by atoms with Gasteiger partial charge in [-0.05, 0) is 6.92 Å². The molecule has 138 valence electrons. The molecule has 0 aliphatic carbocycles. The van der Waals surface area contributed by atoms with Gasteiger partial charge in [-0.1, -0.05) is 5.21 Å². The summed E-state index contributed by atoms with van der Waals surface area (Å²) in [6.45, 7) is 1.32. The second-order valence-corrected chi connectivity index (χ2v) is 4.86. The fourth-order valence-corrected chi connectivity index (χ4v) is 2.21. The molecular weight excluding hydrogens is 352 g/mol. The number of aromatic nitrogens is 3. The largest absolute Gasteiger partial charge is 0.507 e. The Morgan fingerprint density at radius 1 is 1.27 bits per heavy atom. The SMILES string of the molecule is COc1cc(C(=O)c2cnnn2C(C)OC(=O)O)c([N+](=O)[O-])cc1OC. The first-order chi connectivity index (χ1) is 12.3. The van der Waals surface area contributed by atoms with Gasteiger partial charge in [0, 0.05) is 6.07 Å². The molecule has 1 unspecified atom stereocenters. The van der Waals surface area contributed by atoms with Crippen molar-refractivity contribution >= 4 is 17.6 Å². The van der Waals surface area contributed by atoms with Crippen LogP contribution in [-0.4, -0.2) is 51.2 Å². The summed E-state index contributed by atoms with van der Waals surface area (Å²) in [6.07, 6.45) is -1.71. The van der Waals surface area contributed by atoms with Crippen LogP contribution in [-0.2, 0) is 4.74 Å². The van der Waals surface area contributed by atoms with E-state index in [1.54, 1.807) is 0 Å². The molecule has 1 aromatic carbocycles. The summed E-state index contributed by atoms with van der Waals surface area (Å²) in [5.41, 5.74) is -1.03. The van der Waals surface area contributed by atoms with Gasteiger partial charge in [0.15, 0.2) is 17.7 Å². The highest BCUT2D eigenvalue weighted by molar-refractivity contribution is 6.10. The van der Waals surface area contributed by atoms with Crippen molar-refractivity contribution in [3.8, 4) is 11.5 Å². The molecule has 0 saturated carbocycles. The first-order valence-corrected chi connectivity index (χ1v) is 7.05. The predicted molar refractivity (Wildman–Crippen MR) is 83.5 cm³/mol. The van der Waals surface area contributed by atoms with Gasteiger partial charge in [0.05, 0.1) is 31.4 Å². The number of nitro groups is 1. The number of carboxylic acid groups (broad SMARTS) is 1. The Bertz CT molecular complexity index is 863. The monoisotopic (exact) mass is 366 g/mol. The zero-order chi connectivity index (χ0) is 19.4. The third-order valence-corrected chi connectivity index (χ3v) is 3.37. The molecule has 0 radical (unpaired) electrons. The van der Waals surface area contributed by atoms with Gasteiger partial charge < -0.3 is 19.3 Å².